The average Bonchev–Trinajstić information content (AvgIpc) is 2.75. The number of rotatable bonds is 2. The van der Waals surface area contributed by atoms with Crippen molar-refractivity contribution >= 4 is 53.0 Å². The Morgan fingerprint density at radius 3 is 2.85 bits per heavy atom. The number of hydrogen-bond donors (Lipinski definition) is 1. The molecule has 2 rings (SSSR count). The van der Waals surface area contributed by atoms with Crippen molar-refractivity contribution in [1.29, 1.82) is 0 Å². The fourth-order valence-electron chi connectivity index (χ4n) is 2.18. The second-order valence-electron chi connectivity index (χ2n) is 5.29. The predicted molar refractivity (Wildman–Crippen MR) is 101 cm³/mol. The summed E-state index contributed by atoms with van der Waals surface area (Å²) in [5.74, 6) is 2.16. The third-order valence-electron chi connectivity index (χ3n) is 3.19. The Balaban J connectivity index is 0.00000200. The van der Waals surface area contributed by atoms with Gasteiger partial charge in [-0.25, -0.2) is 4.98 Å². The van der Waals surface area contributed by atoms with Gasteiger partial charge in [0.25, 0.3) is 0 Å². The van der Waals surface area contributed by atoms with E-state index in [9.17, 15) is 0 Å². The summed E-state index contributed by atoms with van der Waals surface area (Å²) in [4.78, 5) is 12.3. The van der Waals surface area contributed by atoms with Crippen LogP contribution in [0.25, 0.3) is 0 Å². The Kier molecular flexibility index (Phi) is 7.07. The van der Waals surface area contributed by atoms with Gasteiger partial charge in [0.1, 0.15) is 0 Å². The minimum absolute atomic E-state index is 0. The van der Waals surface area contributed by atoms with Crippen molar-refractivity contribution in [3.05, 3.63) is 16.1 Å². The van der Waals surface area contributed by atoms with E-state index in [1.807, 2.05) is 24.3 Å². The lowest BCUT2D eigenvalue weighted by Crippen LogP contribution is -2.50. The smallest absolute Gasteiger partial charge is 0.194 e. The molecule has 4 nitrogen and oxygen atoms in total. The number of aliphatic imine (C=N–C) groups is 1. The van der Waals surface area contributed by atoms with Gasteiger partial charge in [0.15, 0.2) is 5.96 Å². The Hall–Kier alpha value is -0.0200. The van der Waals surface area contributed by atoms with Gasteiger partial charge in [0.2, 0.25) is 0 Å². The highest BCUT2D eigenvalue weighted by Crippen LogP contribution is 2.29. The largest absolute Gasteiger partial charge is 0.351 e. The highest BCUT2D eigenvalue weighted by atomic mass is 127. The van der Waals surface area contributed by atoms with Gasteiger partial charge >= 0.3 is 0 Å². The summed E-state index contributed by atoms with van der Waals surface area (Å²) < 4.78 is 0.302. The van der Waals surface area contributed by atoms with E-state index in [2.05, 4.69) is 41.0 Å². The van der Waals surface area contributed by atoms with E-state index in [0.717, 1.165) is 37.0 Å². The molecule has 0 amide bonds. The number of halogens is 1. The first-order valence-electron chi connectivity index (χ1n) is 6.50. The molecule has 1 aliphatic heterocycles. The van der Waals surface area contributed by atoms with Crippen LogP contribution in [0.5, 0.6) is 0 Å². The van der Waals surface area contributed by atoms with E-state index >= 15 is 0 Å². The fraction of sp³-hybridized carbons (Fsp3) is 0.692. The van der Waals surface area contributed by atoms with Crippen LogP contribution in [-0.2, 0) is 6.54 Å². The standard InChI is InChI=1S/C13H22N4S2.HI/c1-10-11(18-9-16-10)7-15-12(14-4)17-5-6-19-13(2,3)8-17;/h9H,5-8H2,1-4H3,(H,14,15);1H. The first-order chi connectivity index (χ1) is 9.02. The highest BCUT2D eigenvalue weighted by Gasteiger charge is 2.28. The van der Waals surface area contributed by atoms with Crippen molar-refractivity contribution in [3.63, 3.8) is 0 Å². The van der Waals surface area contributed by atoms with Crippen LogP contribution in [-0.4, -0.2) is 46.5 Å². The van der Waals surface area contributed by atoms with E-state index in [1.54, 1.807) is 11.3 Å². The van der Waals surface area contributed by atoms with Gasteiger partial charge in [-0.2, -0.15) is 11.8 Å². The zero-order chi connectivity index (χ0) is 13.9. The molecule has 0 atom stereocenters. The second kappa shape index (κ2) is 7.84. The van der Waals surface area contributed by atoms with Gasteiger partial charge in [-0.05, 0) is 20.8 Å². The summed E-state index contributed by atoms with van der Waals surface area (Å²) in [6.45, 7) is 9.56. The van der Waals surface area contributed by atoms with Crippen molar-refractivity contribution in [2.75, 3.05) is 25.9 Å². The molecule has 114 valence electrons. The molecule has 0 unspecified atom stereocenters. The van der Waals surface area contributed by atoms with Gasteiger partial charge in [0, 0.05) is 35.5 Å². The zero-order valence-electron chi connectivity index (χ0n) is 12.5. The molecule has 0 aliphatic carbocycles. The maximum absolute atomic E-state index is 4.41. The van der Waals surface area contributed by atoms with Crippen molar-refractivity contribution in [2.24, 2.45) is 4.99 Å². The van der Waals surface area contributed by atoms with E-state index < -0.39 is 0 Å². The molecule has 0 aromatic carbocycles. The maximum Gasteiger partial charge on any atom is 0.194 e. The zero-order valence-corrected chi connectivity index (χ0v) is 16.4. The van der Waals surface area contributed by atoms with Gasteiger partial charge in [0.05, 0.1) is 17.7 Å². The van der Waals surface area contributed by atoms with Crippen molar-refractivity contribution in [1.82, 2.24) is 15.2 Å². The van der Waals surface area contributed by atoms with Crippen molar-refractivity contribution in [3.8, 4) is 0 Å². The van der Waals surface area contributed by atoms with E-state index in [1.165, 1.54) is 4.88 Å². The average molecular weight is 426 g/mol. The van der Waals surface area contributed by atoms with E-state index in [4.69, 9.17) is 0 Å². The topological polar surface area (TPSA) is 40.5 Å². The molecule has 20 heavy (non-hydrogen) atoms. The summed E-state index contributed by atoms with van der Waals surface area (Å²) in [7, 11) is 1.86. The molecular formula is C13H23IN4S2. The molecule has 0 bridgehead atoms. The summed E-state index contributed by atoms with van der Waals surface area (Å²) in [5, 5.41) is 3.46. The number of hydrogen-bond acceptors (Lipinski definition) is 4. The van der Waals surface area contributed by atoms with Crippen LogP contribution >= 0.6 is 47.1 Å². The van der Waals surface area contributed by atoms with Crippen LogP contribution in [0.2, 0.25) is 0 Å². The number of guanidine groups is 1. The predicted octanol–water partition coefficient (Wildman–Crippen LogP) is 2.97. The van der Waals surface area contributed by atoms with Gasteiger partial charge in [-0.3, -0.25) is 4.99 Å². The molecule has 1 saturated heterocycles. The quantitative estimate of drug-likeness (QED) is 0.449. The molecule has 1 fully saturated rings. The Bertz CT molecular complexity index is 459. The molecule has 1 aromatic rings. The Morgan fingerprint density at radius 1 is 1.55 bits per heavy atom. The Labute approximate surface area is 146 Å². The molecule has 0 radical (unpaired) electrons. The summed E-state index contributed by atoms with van der Waals surface area (Å²) >= 11 is 3.74. The lowest BCUT2D eigenvalue weighted by Gasteiger charge is -2.39. The number of thiazole rings is 1. The number of thioether (sulfide) groups is 1. The molecule has 1 N–H and O–H groups in total. The molecule has 7 heteroatoms. The van der Waals surface area contributed by atoms with Gasteiger partial charge in [-0.1, -0.05) is 0 Å². The first kappa shape index (κ1) is 18.0. The van der Waals surface area contributed by atoms with Crippen molar-refractivity contribution < 1.29 is 0 Å². The van der Waals surface area contributed by atoms with E-state index in [0.29, 0.717) is 4.75 Å². The molecule has 1 aliphatic rings. The normalized spacial score (nSPS) is 18.6. The number of aryl methyl sites for hydroxylation is 1. The molecular weight excluding hydrogens is 403 g/mol. The summed E-state index contributed by atoms with van der Waals surface area (Å²) in [6.07, 6.45) is 0. The monoisotopic (exact) mass is 426 g/mol. The SMILES string of the molecule is CN=C(NCc1scnc1C)N1CCSC(C)(C)C1.I. The summed E-state index contributed by atoms with van der Waals surface area (Å²) in [6, 6.07) is 0. The van der Waals surface area contributed by atoms with Crippen LogP contribution < -0.4 is 5.32 Å². The lowest BCUT2D eigenvalue weighted by molar-refractivity contribution is 0.376. The minimum atomic E-state index is 0. The van der Waals surface area contributed by atoms with Crippen LogP contribution in [0.15, 0.2) is 10.5 Å². The molecule has 1 aromatic heterocycles. The van der Waals surface area contributed by atoms with Gasteiger partial charge in [-0.15, -0.1) is 35.3 Å². The third kappa shape index (κ3) is 4.77. The molecule has 0 saturated carbocycles. The third-order valence-corrected chi connectivity index (χ3v) is 5.42. The lowest BCUT2D eigenvalue weighted by atomic mass is 10.2. The first-order valence-corrected chi connectivity index (χ1v) is 8.37. The second-order valence-corrected chi connectivity index (χ2v) is 8.03. The number of nitrogens with one attached hydrogen (secondary N) is 1. The maximum atomic E-state index is 4.41. The van der Waals surface area contributed by atoms with Crippen LogP contribution in [0.3, 0.4) is 0 Å². The van der Waals surface area contributed by atoms with Gasteiger partial charge < -0.3 is 10.2 Å². The van der Waals surface area contributed by atoms with Crippen molar-refractivity contribution in [2.45, 2.75) is 32.1 Å². The Morgan fingerprint density at radius 2 is 2.30 bits per heavy atom. The van der Waals surface area contributed by atoms with E-state index in [-0.39, 0.29) is 24.0 Å². The molecule has 0 spiro atoms. The number of nitrogens with zero attached hydrogens (tertiary/aromatic N) is 3. The fourth-order valence-corrected chi connectivity index (χ4v) is 4.01. The number of aromatic nitrogens is 1. The van der Waals surface area contributed by atoms with Crippen LogP contribution in [0, 0.1) is 6.92 Å². The summed E-state index contributed by atoms with van der Waals surface area (Å²) in [5.41, 5.74) is 3.01. The van der Waals surface area contributed by atoms with Crippen LogP contribution in [0.4, 0.5) is 0 Å². The minimum Gasteiger partial charge on any atom is -0.351 e. The molecule has 2 heterocycles. The highest BCUT2D eigenvalue weighted by molar-refractivity contribution is 14.0. The van der Waals surface area contributed by atoms with Crippen LogP contribution in [0.1, 0.15) is 24.4 Å².